The number of rotatable bonds is 6. The van der Waals surface area contributed by atoms with Crippen molar-refractivity contribution in [2.24, 2.45) is 0 Å². The van der Waals surface area contributed by atoms with E-state index in [0.29, 0.717) is 11.4 Å². The maximum absolute atomic E-state index is 13.0. The van der Waals surface area contributed by atoms with Crippen molar-refractivity contribution in [3.63, 3.8) is 0 Å². The number of hydrogen-bond donors (Lipinski definition) is 1. The zero-order valence-electron chi connectivity index (χ0n) is 17.1. The summed E-state index contributed by atoms with van der Waals surface area (Å²) in [4.78, 5) is 2.44. The van der Waals surface area contributed by atoms with Gasteiger partial charge in [-0.25, -0.2) is 13.1 Å². The minimum Gasteiger partial charge on any atom is -0.301 e. The molecule has 1 aliphatic carbocycles. The molecule has 0 radical (unpaired) electrons. The summed E-state index contributed by atoms with van der Waals surface area (Å²) in [5.41, 5.74) is 3.59. The molecule has 0 spiro atoms. The van der Waals surface area contributed by atoms with Gasteiger partial charge in [0, 0.05) is 12.6 Å². The average molecular weight is 409 g/mol. The maximum Gasteiger partial charge on any atom is 0.240 e. The quantitative estimate of drug-likeness (QED) is 0.662. The van der Waals surface area contributed by atoms with E-state index >= 15 is 0 Å². The van der Waals surface area contributed by atoms with Crippen LogP contribution in [0.4, 0.5) is 0 Å². The van der Waals surface area contributed by atoms with Crippen molar-refractivity contribution >= 4 is 20.8 Å². The van der Waals surface area contributed by atoms with Crippen LogP contribution in [0.25, 0.3) is 10.8 Å². The molecule has 152 valence electrons. The second-order valence-electron chi connectivity index (χ2n) is 8.04. The molecule has 0 heterocycles. The lowest BCUT2D eigenvalue weighted by molar-refractivity contribution is 0.301. The molecule has 5 heteroatoms. The molecule has 1 atom stereocenters. The third-order valence-corrected chi connectivity index (χ3v) is 7.32. The van der Waals surface area contributed by atoms with Crippen molar-refractivity contribution in [2.75, 3.05) is 20.6 Å². The molecule has 1 aliphatic rings. The average Bonchev–Trinajstić information content (AvgIpc) is 2.73. The summed E-state index contributed by atoms with van der Waals surface area (Å²) >= 11 is 0. The second-order valence-corrected chi connectivity index (χ2v) is 9.80. The number of nitrogens with zero attached hydrogens (tertiary/aromatic N) is 1. The Bertz CT molecular complexity index is 1120. The van der Waals surface area contributed by atoms with Crippen LogP contribution in [0.3, 0.4) is 0 Å². The summed E-state index contributed by atoms with van der Waals surface area (Å²) in [6.07, 6.45) is 4.34. The summed E-state index contributed by atoms with van der Waals surface area (Å²) in [6.45, 7) is 0.320. The van der Waals surface area contributed by atoms with Gasteiger partial charge in [0.2, 0.25) is 10.0 Å². The smallest absolute Gasteiger partial charge is 0.240 e. The Labute approximate surface area is 173 Å². The Morgan fingerprint density at radius 3 is 2.45 bits per heavy atom. The molecule has 0 bridgehead atoms. The van der Waals surface area contributed by atoms with Crippen LogP contribution >= 0.6 is 0 Å². The van der Waals surface area contributed by atoms with E-state index in [0.717, 1.165) is 35.6 Å². The molecule has 0 fully saturated rings. The van der Waals surface area contributed by atoms with E-state index in [1.165, 1.54) is 17.5 Å². The number of nitrogens with one attached hydrogen (secondary N) is 1. The van der Waals surface area contributed by atoms with E-state index < -0.39 is 10.0 Å². The number of hydrogen-bond acceptors (Lipinski definition) is 3. The van der Waals surface area contributed by atoms with Gasteiger partial charge < -0.3 is 4.90 Å². The molecular weight excluding hydrogens is 380 g/mol. The standard InChI is InChI=1S/C24H28N2O2S/c1-26(2)24(23-13-7-11-19-9-5-6-12-22(19)23)17-25-29(27,28)21-15-14-18-8-3-4-10-20(18)16-21/h5-7,9,11-16,24-25H,3-4,8,10,17H2,1-2H3/t24-/m0/s1. The van der Waals surface area contributed by atoms with E-state index in [9.17, 15) is 8.42 Å². The Morgan fingerprint density at radius 2 is 1.66 bits per heavy atom. The summed E-state index contributed by atoms with van der Waals surface area (Å²) < 4.78 is 28.9. The van der Waals surface area contributed by atoms with Gasteiger partial charge in [-0.2, -0.15) is 0 Å². The van der Waals surface area contributed by atoms with Gasteiger partial charge in [0.15, 0.2) is 0 Å². The predicted octanol–water partition coefficient (Wildman–Crippen LogP) is 4.30. The SMILES string of the molecule is CN(C)[C@@H](CNS(=O)(=O)c1ccc2c(c1)CCCC2)c1cccc2ccccc12. The number of likely N-dealkylation sites (N-methyl/N-ethyl adjacent to an activating group) is 1. The number of benzene rings is 3. The Morgan fingerprint density at radius 1 is 0.931 bits per heavy atom. The predicted molar refractivity (Wildman–Crippen MR) is 119 cm³/mol. The Balaban J connectivity index is 1.59. The van der Waals surface area contributed by atoms with Crippen LogP contribution in [0, 0.1) is 0 Å². The van der Waals surface area contributed by atoms with E-state index in [2.05, 4.69) is 33.9 Å². The summed E-state index contributed by atoms with van der Waals surface area (Å²) in [5.74, 6) is 0. The molecule has 3 aromatic carbocycles. The fourth-order valence-corrected chi connectivity index (χ4v) is 5.35. The number of fused-ring (bicyclic) bond motifs is 2. The van der Waals surface area contributed by atoms with Crippen molar-refractivity contribution in [1.29, 1.82) is 0 Å². The van der Waals surface area contributed by atoms with Crippen LogP contribution < -0.4 is 4.72 Å². The first-order valence-corrected chi connectivity index (χ1v) is 11.7. The summed E-state index contributed by atoms with van der Waals surface area (Å²) in [6, 6.07) is 20.0. The fraction of sp³-hybridized carbons (Fsp3) is 0.333. The molecule has 0 aromatic heterocycles. The Hall–Kier alpha value is -2.21. The normalized spacial score (nSPS) is 15.4. The molecule has 0 amide bonds. The van der Waals surface area contributed by atoms with E-state index in [1.54, 1.807) is 6.07 Å². The molecule has 0 unspecified atom stereocenters. The lowest BCUT2D eigenvalue weighted by atomic mass is 9.92. The van der Waals surface area contributed by atoms with E-state index in [4.69, 9.17) is 0 Å². The second kappa shape index (κ2) is 8.27. The maximum atomic E-state index is 13.0. The van der Waals surface area contributed by atoms with Crippen LogP contribution in [0.1, 0.15) is 35.6 Å². The highest BCUT2D eigenvalue weighted by atomic mass is 32.2. The third-order valence-electron chi connectivity index (χ3n) is 5.90. The number of sulfonamides is 1. The third kappa shape index (κ3) is 4.22. The van der Waals surface area contributed by atoms with Gasteiger partial charge in [0.25, 0.3) is 0 Å². The van der Waals surface area contributed by atoms with Gasteiger partial charge in [-0.15, -0.1) is 0 Å². The summed E-state index contributed by atoms with van der Waals surface area (Å²) in [5, 5.41) is 2.32. The molecule has 3 aromatic rings. The van der Waals surface area contributed by atoms with Gasteiger partial charge in [0.1, 0.15) is 0 Å². The van der Waals surface area contributed by atoms with Gasteiger partial charge in [0.05, 0.1) is 4.90 Å². The van der Waals surface area contributed by atoms with E-state index in [1.807, 2.05) is 44.4 Å². The first-order chi connectivity index (χ1) is 14.0. The lowest BCUT2D eigenvalue weighted by Gasteiger charge is -2.26. The topological polar surface area (TPSA) is 49.4 Å². The zero-order valence-corrected chi connectivity index (χ0v) is 17.9. The fourth-order valence-electron chi connectivity index (χ4n) is 4.26. The van der Waals surface area contributed by atoms with E-state index in [-0.39, 0.29) is 6.04 Å². The van der Waals surface area contributed by atoms with Crippen molar-refractivity contribution in [3.8, 4) is 0 Å². The van der Waals surface area contributed by atoms with Crippen LogP contribution in [0.2, 0.25) is 0 Å². The van der Waals surface area contributed by atoms with Crippen LogP contribution in [-0.4, -0.2) is 34.0 Å². The van der Waals surface area contributed by atoms with Crippen molar-refractivity contribution < 1.29 is 8.42 Å². The van der Waals surface area contributed by atoms with Crippen molar-refractivity contribution in [1.82, 2.24) is 9.62 Å². The molecule has 1 N–H and O–H groups in total. The monoisotopic (exact) mass is 408 g/mol. The lowest BCUT2D eigenvalue weighted by Crippen LogP contribution is -2.34. The molecule has 4 rings (SSSR count). The van der Waals surface area contributed by atoms with Crippen LogP contribution in [-0.2, 0) is 22.9 Å². The van der Waals surface area contributed by atoms with Gasteiger partial charge in [-0.05, 0) is 79.4 Å². The first-order valence-electron chi connectivity index (χ1n) is 10.2. The van der Waals surface area contributed by atoms with Gasteiger partial charge in [-0.1, -0.05) is 48.5 Å². The molecule has 0 aliphatic heterocycles. The molecule has 29 heavy (non-hydrogen) atoms. The minimum atomic E-state index is -3.56. The largest absolute Gasteiger partial charge is 0.301 e. The van der Waals surface area contributed by atoms with Gasteiger partial charge in [-0.3, -0.25) is 0 Å². The highest BCUT2D eigenvalue weighted by molar-refractivity contribution is 7.89. The number of aryl methyl sites for hydroxylation is 2. The molecule has 0 saturated heterocycles. The van der Waals surface area contributed by atoms with Crippen LogP contribution in [0.15, 0.2) is 65.6 Å². The van der Waals surface area contributed by atoms with Crippen molar-refractivity contribution in [2.45, 2.75) is 36.6 Å². The molecular formula is C24H28N2O2S. The minimum absolute atomic E-state index is 0.0616. The molecule has 4 nitrogen and oxygen atoms in total. The van der Waals surface area contributed by atoms with Gasteiger partial charge >= 0.3 is 0 Å². The van der Waals surface area contributed by atoms with Crippen molar-refractivity contribution in [3.05, 3.63) is 77.4 Å². The first kappa shape index (κ1) is 20.1. The highest BCUT2D eigenvalue weighted by Crippen LogP contribution is 2.28. The zero-order chi connectivity index (χ0) is 20.4. The summed E-state index contributed by atoms with van der Waals surface area (Å²) in [7, 11) is 0.411. The Kier molecular flexibility index (Phi) is 5.72. The van der Waals surface area contributed by atoms with Crippen LogP contribution in [0.5, 0.6) is 0 Å². The highest BCUT2D eigenvalue weighted by Gasteiger charge is 2.22. The molecule has 0 saturated carbocycles.